The number of ether oxygens (including phenoxy) is 2. The Kier molecular flexibility index (Phi) is 6.21. The van der Waals surface area contributed by atoms with Gasteiger partial charge in [-0.15, -0.1) is 10.2 Å². The van der Waals surface area contributed by atoms with E-state index in [1.54, 1.807) is 6.07 Å². The minimum absolute atomic E-state index is 0.0492. The standard InChI is InChI=1S/C20H18BrClN4O3S/c1-3-6-30-20-24-19-17(25-26-20)12-7-10(21)4-5-14(12)23-18(29-19)11-8-16(28-2)15(27)9-13(11)22/h4-5,7-9,18,23,27H,3,6H2,1-2H3/t18-/m1/s1. The molecule has 0 fully saturated rings. The molecule has 0 bridgehead atoms. The van der Waals surface area contributed by atoms with E-state index in [0.717, 1.165) is 27.9 Å². The van der Waals surface area contributed by atoms with Crippen molar-refractivity contribution in [2.75, 3.05) is 18.2 Å². The zero-order chi connectivity index (χ0) is 21.3. The number of anilines is 1. The van der Waals surface area contributed by atoms with E-state index < -0.39 is 6.23 Å². The number of benzene rings is 2. The summed E-state index contributed by atoms with van der Waals surface area (Å²) in [7, 11) is 1.48. The Balaban J connectivity index is 1.84. The van der Waals surface area contributed by atoms with Crippen molar-refractivity contribution in [2.24, 2.45) is 0 Å². The van der Waals surface area contributed by atoms with E-state index in [0.29, 0.717) is 33.1 Å². The highest BCUT2D eigenvalue weighted by molar-refractivity contribution is 9.10. The van der Waals surface area contributed by atoms with Gasteiger partial charge in [0.1, 0.15) is 0 Å². The molecule has 2 N–H and O–H groups in total. The van der Waals surface area contributed by atoms with Crippen molar-refractivity contribution in [3.63, 3.8) is 0 Å². The maximum absolute atomic E-state index is 10.0. The highest BCUT2D eigenvalue weighted by Gasteiger charge is 2.28. The molecule has 4 rings (SSSR count). The van der Waals surface area contributed by atoms with Crippen LogP contribution in [0.2, 0.25) is 5.02 Å². The number of fused-ring (bicyclic) bond motifs is 3. The Hall–Kier alpha value is -2.23. The van der Waals surface area contributed by atoms with Gasteiger partial charge in [-0.2, -0.15) is 4.98 Å². The number of hydrogen-bond donors (Lipinski definition) is 2. The van der Waals surface area contributed by atoms with E-state index >= 15 is 0 Å². The molecule has 2 heterocycles. The van der Waals surface area contributed by atoms with Crippen molar-refractivity contribution in [1.82, 2.24) is 15.2 Å². The Morgan fingerprint density at radius 1 is 1.30 bits per heavy atom. The fraction of sp³-hybridized carbons (Fsp3) is 0.250. The highest BCUT2D eigenvalue weighted by atomic mass is 79.9. The lowest BCUT2D eigenvalue weighted by Crippen LogP contribution is -2.17. The van der Waals surface area contributed by atoms with E-state index in [2.05, 4.69) is 43.4 Å². The second-order valence-electron chi connectivity index (χ2n) is 6.47. The molecule has 30 heavy (non-hydrogen) atoms. The van der Waals surface area contributed by atoms with Crippen LogP contribution in [0.4, 0.5) is 5.69 Å². The normalized spacial score (nSPS) is 14.7. The van der Waals surface area contributed by atoms with E-state index in [1.165, 1.54) is 24.9 Å². The third-order valence-electron chi connectivity index (χ3n) is 4.40. The van der Waals surface area contributed by atoms with Crippen LogP contribution in [-0.4, -0.2) is 33.2 Å². The lowest BCUT2D eigenvalue weighted by Gasteiger charge is -2.21. The summed E-state index contributed by atoms with van der Waals surface area (Å²) >= 11 is 11.5. The molecule has 0 saturated heterocycles. The predicted molar refractivity (Wildman–Crippen MR) is 121 cm³/mol. The number of phenolic OH excluding ortho intramolecular Hbond substituents is 1. The van der Waals surface area contributed by atoms with Gasteiger partial charge >= 0.3 is 0 Å². The average molecular weight is 510 g/mol. The summed E-state index contributed by atoms with van der Waals surface area (Å²) in [5.41, 5.74) is 2.71. The number of methoxy groups -OCH3 is 1. The minimum atomic E-state index is -0.686. The van der Waals surface area contributed by atoms with Crippen molar-refractivity contribution in [3.8, 4) is 28.6 Å². The number of phenols is 1. The average Bonchev–Trinajstić information content (AvgIpc) is 2.88. The molecule has 3 aromatic rings. The molecule has 0 radical (unpaired) electrons. The van der Waals surface area contributed by atoms with Crippen LogP contribution in [0.3, 0.4) is 0 Å². The van der Waals surface area contributed by atoms with Gasteiger partial charge in [-0.05, 0) is 30.7 Å². The van der Waals surface area contributed by atoms with Gasteiger partial charge in [0.25, 0.3) is 0 Å². The van der Waals surface area contributed by atoms with Crippen molar-refractivity contribution in [1.29, 1.82) is 0 Å². The predicted octanol–water partition coefficient (Wildman–Crippen LogP) is 5.67. The summed E-state index contributed by atoms with van der Waals surface area (Å²) in [6, 6.07) is 8.83. The van der Waals surface area contributed by atoms with Crippen LogP contribution < -0.4 is 14.8 Å². The molecule has 1 atom stereocenters. The zero-order valence-electron chi connectivity index (χ0n) is 16.1. The number of halogens is 2. The molecule has 10 heteroatoms. The highest BCUT2D eigenvalue weighted by Crippen LogP contribution is 2.43. The van der Waals surface area contributed by atoms with E-state index in [4.69, 9.17) is 21.1 Å². The molecular weight excluding hydrogens is 492 g/mol. The number of aromatic nitrogens is 3. The lowest BCUT2D eigenvalue weighted by molar-refractivity contribution is 0.224. The second kappa shape index (κ2) is 8.87. The number of aromatic hydroxyl groups is 1. The maximum Gasteiger partial charge on any atom is 0.247 e. The van der Waals surface area contributed by atoms with E-state index in [9.17, 15) is 5.11 Å². The first-order valence-corrected chi connectivity index (χ1v) is 11.3. The van der Waals surface area contributed by atoms with Crippen LogP contribution in [-0.2, 0) is 0 Å². The molecule has 2 aromatic carbocycles. The Morgan fingerprint density at radius 3 is 2.90 bits per heavy atom. The van der Waals surface area contributed by atoms with Crippen molar-refractivity contribution in [3.05, 3.63) is 45.4 Å². The molecule has 0 amide bonds. The lowest BCUT2D eigenvalue weighted by atomic mass is 10.1. The SMILES string of the molecule is CCCSc1nnc2c(n1)O[C@H](c1cc(OC)c(O)cc1Cl)Nc1ccc(Br)cc1-2. The van der Waals surface area contributed by atoms with Crippen LogP contribution in [0.1, 0.15) is 25.1 Å². The molecule has 156 valence electrons. The van der Waals surface area contributed by atoms with Gasteiger partial charge in [0, 0.05) is 33.1 Å². The second-order valence-corrected chi connectivity index (χ2v) is 8.86. The summed E-state index contributed by atoms with van der Waals surface area (Å²) in [6.45, 7) is 2.09. The van der Waals surface area contributed by atoms with E-state index in [-0.39, 0.29) is 5.75 Å². The van der Waals surface area contributed by atoms with Gasteiger partial charge in [0.2, 0.25) is 11.0 Å². The van der Waals surface area contributed by atoms with Crippen molar-refractivity contribution in [2.45, 2.75) is 24.7 Å². The Labute approximate surface area is 191 Å². The van der Waals surface area contributed by atoms with Crippen molar-refractivity contribution >= 4 is 45.0 Å². The fourth-order valence-electron chi connectivity index (χ4n) is 2.99. The van der Waals surface area contributed by atoms with Crippen LogP contribution in [0.25, 0.3) is 11.3 Å². The monoisotopic (exact) mass is 508 g/mol. The first kappa shape index (κ1) is 21.0. The van der Waals surface area contributed by atoms with Gasteiger partial charge in [-0.25, -0.2) is 0 Å². The number of nitrogens with one attached hydrogen (secondary N) is 1. The zero-order valence-corrected chi connectivity index (χ0v) is 19.3. The summed E-state index contributed by atoms with van der Waals surface area (Å²) in [6.07, 6.45) is 0.309. The number of rotatable bonds is 5. The van der Waals surface area contributed by atoms with Gasteiger partial charge < -0.3 is 19.9 Å². The topological polar surface area (TPSA) is 89.4 Å². The molecule has 1 aliphatic rings. The van der Waals surface area contributed by atoms with Crippen LogP contribution in [0.5, 0.6) is 17.4 Å². The largest absolute Gasteiger partial charge is 0.504 e. The molecular formula is C20H18BrClN4O3S. The fourth-order valence-corrected chi connectivity index (χ4v) is 4.24. The summed E-state index contributed by atoms with van der Waals surface area (Å²) in [4.78, 5) is 4.59. The number of thioether (sulfide) groups is 1. The molecule has 0 unspecified atom stereocenters. The van der Waals surface area contributed by atoms with Gasteiger partial charge in [0.05, 0.1) is 12.1 Å². The maximum atomic E-state index is 10.0. The molecule has 0 aliphatic carbocycles. The summed E-state index contributed by atoms with van der Waals surface area (Å²) in [5.74, 6) is 1.47. The smallest absolute Gasteiger partial charge is 0.247 e. The first-order valence-electron chi connectivity index (χ1n) is 9.17. The molecule has 1 aromatic heterocycles. The van der Waals surface area contributed by atoms with E-state index in [1.807, 2.05) is 18.2 Å². The molecule has 1 aliphatic heterocycles. The quantitative estimate of drug-likeness (QED) is 0.425. The van der Waals surface area contributed by atoms with Gasteiger partial charge in [-0.3, -0.25) is 0 Å². The van der Waals surface area contributed by atoms with Crippen LogP contribution in [0.15, 0.2) is 40.0 Å². The number of hydrogen-bond acceptors (Lipinski definition) is 8. The van der Waals surface area contributed by atoms with Gasteiger partial charge in [-0.1, -0.05) is 46.2 Å². The van der Waals surface area contributed by atoms with Crippen molar-refractivity contribution < 1.29 is 14.6 Å². The summed E-state index contributed by atoms with van der Waals surface area (Å²) in [5, 5.41) is 22.9. The van der Waals surface area contributed by atoms with Gasteiger partial charge in [0.15, 0.2) is 23.4 Å². The third kappa shape index (κ3) is 4.14. The molecule has 0 spiro atoms. The Morgan fingerprint density at radius 2 is 2.13 bits per heavy atom. The number of nitrogens with zero attached hydrogens (tertiary/aromatic N) is 3. The third-order valence-corrected chi connectivity index (χ3v) is 6.27. The molecule has 7 nitrogen and oxygen atoms in total. The summed E-state index contributed by atoms with van der Waals surface area (Å²) < 4.78 is 12.4. The minimum Gasteiger partial charge on any atom is -0.504 e. The van der Waals surface area contributed by atoms with Crippen LogP contribution in [0, 0.1) is 0 Å². The molecule has 0 saturated carbocycles. The Bertz CT molecular complexity index is 1100. The van der Waals surface area contributed by atoms with Crippen LogP contribution >= 0.6 is 39.3 Å². The first-order chi connectivity index (χ1) is 14.5.